The molecule has 0 saturated carbocycles. The van der Waals surface area contributed by atoms with E-state index in [0.29, 0.717) is 5.69 Å². The Hall–Kier alpha value is -3.74. The quantitative estimate of drug-likeness (QED) is 0.541. The summed E-state index contributed by atoms with van der Waals surface area (Å²) in [6.07, 6.45) is 1.29. The predicted octanol–water partition coefficient (Wildman–Crippen LogP) is 3.67. The molecule has 2 aromatic carbocycles. The summed E-state index contributed by atoms with van der Waals surface area (Å²) in [7, 11) is 0. The lowest BCUT2D eigenvalue weighted by molar-refractivity contribution is -0.390. The van der Waals surface area contributed by atoms with E-state index >= 15 is 0 Å². The van der Waals surface area contributed by atoms with Gasteiger partial charge in [-0.15, -0.1) is 0 Å². The number of anilines is 1. The summed E-state index contributed by atoms with van der Waals surface area (Å²) >= 11 is 0. The molecule has 3 aromatic rings. The largest absolute Gasteiger partial charge is 0.476 e. The average Bonchev–Trinajstić information content (AvgIpc) is 2.68. The molecule has 1 heterocycles. The topological polar surface area (TPSA) is 94.4 Å². The third-order valence-electron chi connectivity index (χ3n) is 3.56. The Morgan fingerprint density at radius 1 is 1.00 bits per heavy atom. The Bertz CT molecular complexity index is 912. The molecule has 3 rings (SSSR count). The molecule has 0 saturated heterocycles. The molecule has 0 radical (unpaired) electrons. The number of hydrogen-bond acceptors (Lipinski definition) is 5. The summed E-state index contributed by atoms with van der Waals surface area (Å²) in [6, 6.07) is 20.1. The number of ether oxygens (including phenoxy) is 1. The van der Waals surface area contributed by atoms with Crippen molar-refractivity contribution in [2.24, 2.45) is 0 Å². The third-order valence-corrected chi connectivity index (χ3v) is 3.56. The molecule has 0 bridgehead atoms. The number of nitrogens with zero attached hydrogens (tertiary/aromatic N) is 2. The molecule has 1 aromatic heterocycles. The third kappa shape index (κ3) is 4.21. The van der Waals surface area contributed by atoms with Crippen LogP contribution in [-0.4, -0.2) is 22.4 Å². The van der Waals surface area contributed by atoms with Gasteiger partial charge in [0, 0.05) is 5.69 Å². The van der Waals surface area contributed by atoms with Gasteiger partial charge in [0.15, 0.2) is 6.61 Å². The monoisotopic (exact) mass is 349 g/mol. The Morgan fingerprint density at radius 2 is 1.69 bits per heavy atom. The van der Waals surface area contributed by atoms with Crippen LogP contribution >= 0.6 is 0 Å². The normalized spacial score (nSPS) is 10.2. The van der Waals surface area contributed by atoms with Crippen molar-refractivity contribution in [1.82, 2.24) is 4.98 Å². The Kier molecular flexibility index (Phi) is 5.19. The van der Waals surface area contributed by atoms with Crippen LogP contribution in [0.15, 0.2) is 72.9 Å². The van der Waals surface area contributed by atoms with Gasteiger partial charge in [-0.3, -0.25) is 4.79 Å². The minimum absolute atomic E-state index is 0.0490. The van der Waals surface area contributed by atoms with Gasteiger partial charge in [0.25, 0.3) is 5.91 Å². The maximum absolute atomic E-state index is 12.0. The van der Waals surface area contributed by atoms with E-state index in [2.05, 4.69) is 10.3 Å². The summed E-state index contributed by atoms with van der Waals surface area (Å²) in [6.45, 7) is -0.354. The molecule has 7 nitrogen and oxygen atoms in total. The van der Waals surface area contributed by atoms with Gasteiger partial charge < -0.3 is 20.2 Å². The van der Waals surface area contributed by atoms with Crippen LogP contribution in [0.5, 0.6) is 5.75 Å². The molecule has 0 aliphatic carbocycles. The second-order valence-corrected chi connectivity index (χ2v) is 5.36. The molecule has 1 N–H and O–H groups in total. The fourth-order valence-corrected chi connectivity index (χ4v) is 2.35. The molecular weight excluding hydrogens is 334 g/mol. The highest BCUT2D eigenvalue weighted by molar-refractivity contribution is 5.92. The van der Waals surface area contributed by atoms with Crippen molar-refractivity contribution in [3.8, 4) is 16.9 Å². The van der Waals surface area contributed by atoms with Gasteiger partial charge in [0.2, 0.25) is 5.75 Å². The van der Waals surface area contributed by atoms with E-state index in [1.807, 2.05) is 42.5 Å². The first-order chi connectivity index (χ1) is 12.6. The molecule has 0 aliphatic heterocycles. The zero-order valence-electron chi connectivity index (χ0n) is 13.7. The summed E-state index contributed by atoms with van der Waals surface area (Å²) in [5.74, 6) is -0.893. The van der Waals surface area contributed by atoms with Gasteiger partial charge in [-0.1, -0.05) is 42.5 Å². The van der Waals surface area contributed by atoms with Gasteiger partial charge >= 0.3 is 5.82 Å². The molecule has 7 heteroatoms. The number of hydrogen-bond donors (Lipinski definition) is 1. The number of nitro groups is 1. The number of pyridine rings is 1. The summed E-state index contributed by atoms with van der Waals surface area (Å²) < 4.78 is 5.21. The lowest BCUT2D eigenvalue weighted by Crippen LogP contribution is -2.20. The fraction of sp³-hybridized carbons (Fsp3) is 0.0526. The molecule has 26 heavy (non-hydrogen) atoms. The maximum atomic E-state index is 12.0. The first-order valence-corrected chi connectivity index (χ1v) is 7.81. The van der Waals surface area contributed by atoms with Crippen LogP contribution in [0.3, 0.4) is 0 Å². The molecule has 0 spiro atoms. The first kappa shape index (κ1) is 17.1. The second kappa shape index (κ2) is 7.89. The number of rotatable bonds is 6. The molecule has 0 unspecified atom stereocenters. The van der Waals surface area contributed by atoms with Crippen molar-refractivity contribution in [3.05, 3.63) is 83.0 Å². The molecular formula is C19H15N3O4. The highest BCUT2D eigenvalue weighted by atomic mass is 16.6. The van der Waals surface area contributed by atoms with E-state index in [4.69, 9.17) is 4.74 Å². The predicted molar refractivity (Wildman–Crippen MR) is 96.9 cm³/mol. The smallest absolute Gasteiger partial charge is 0.406 e. The maximum Gasteiger partial charge on any atom is 0.406 e. The van der Waals surface area contributed by atoms with Crippen LogP contribution in [0.25, 0.3) is 11.1 Å². The van der Waals surface area contributed by atoms with Gasteiger partial charge in [0.1, 0.15) is 6.20 Å². The highest BCUT2D eigenvalue weighted by Gasteiger charge is 2.16. The number of nitrogens with one attached hydrogen (secondary N) is 1. The van der Waals surface area contributed by atoms with E-state index in [0.717, 1.165) is 11.1 Å². The van der Waals surface area contributed by atoms with Gasteiger partial charge in [0.05, 0.1) is 0 Å². The standard InChI is InChI=1S/C19H15N3O4/c23-18(13-26-17-7-4-12-20-19(17)22(24)25)21-16-10-8-15(9-11-16)14-5-2-1-3-6-14/h1-12H,13H2,(H,21,23). The minimum atomic E-state index is -0.657. The van der Waals surface area contributed by atoms with E-state index in [1.165, 1.54) is 18.3 Å². The summed E-state index contributed by atoms with van der Waals surface area (Å²) in [4.78, 5) is 25.8. The number of benzene rings is 2. The molecule has 0 aliphatic rings. The van der Waals surface area contributed by atoms with Crippen molar-refractivity contribution in [2.75, 3.05) is 11.9 Å². The van der Waals surface area contributed by atoms with Gasteiger partial charge in [-0.2, -0.15) is 0 Å². The van der Waals surface area contributed by atoms with E-state index in [9.17, 15) is 14.9 Å². The number of carbonyl (C=O) groups excluding carboxylic acids is 1. The number of amides is 1. The molecule has 0 fully saturated rings. The lowest BCUT2D eigenvalue weighted by Gasteiger charge is -2.08. The van der Waals surface area contributed by atoms with Crippen molar-refractivity contribution in [2.45, 2.75) is 0 Å². The summed E-state index contributed by atoms with van der Waals surface area (Å²) in [5.41, 5.74) is 2.72. The molecule has 1 amide bonds. The Balaban J connectivity index is 1.60. The van der Waals surface area contributed by atoms with Crippen LogP contribution in [0.1, 0.15) is 0 Å². The lowest BCUT2D eigenvalue weighted by atomic mass is 10.1. The van der Waals surface area contributed by atoms with E-state index in [-0.39, 0.29) is 12.4 Å². The molecule has 0 atom stereocenters. The molecule has 130 valence electrons. The highest BCUT2D eigenvalue weighted by Crippen LogP contribution is 2.23. The summed E-state index contributed by atoms with van der Waals surface area (Å²) in [5, 5.41) is 13.6. The second-order valence-electron chi connectivity index (χ2n) is 5.36. The van der Waals surface area contributed by atoms with Crippen LogP contribution in [-0.2, 0) is 4.79 Å². The van der Waals surface area contributed by atoms with Crippen molar-refractivity contribution in [1.29, 1.82) is 0 Å². The van der Waals surface area contributed by atoms with Crippen molar-refractivity contribution < 1.29 is 14.5 Å². The minimum Gasteiger partial charge on any atom is -0.476 e. The van der Waals surface area contributed by atoms with Crippen LogP contribution < -0.4 is 10.1 Å². The van der Waals surface area contributed by atoms with E-state index in [1.54, 1.807) is 12.1 Å². The average molecular weight is 349 g/mol. The SMILES string of the molecule is O=C(COc1cccnc1[N+](=O)[O-])Nc1ccc(-c2ccccc2)cc1. The number of carbonyl (C=O) groups is 1. The van der Waals surface area contributed by atoms with Gasteiger partial charge in [-0.05, 0) is 45.3 Å². The zero-order chi connectivity index (χ0) is 18.4. The van der Waals surface area contributed by atoms with Crippen LogP contribution in [0, 0.1) is 10.1 Å². The zero-order valence-corrected chi connectivity index (χ0v) is 13.7. The van der Waals surface area contributed by atoms with Gasteiger partial charge in [-0.25, -0.2) is 0 Å². The van der Waals surface area contributed by atoms with Crippen molar-refractivity contribution in [3.63, 3.8) is 0 Å². The first-order valence-electron chi connectivity index (χ1n) is 7.81. The Labute approximate surface area is 149 Å². The number of aromatic nitrogens is 1. The van der Waals surface area contributed by atoms with E-state index < -0.39 is 16.6 Å². The fourth-order valence-electron chi connectivity index (χ4n) is 2.35. The van der Waals surface area contributed by atoms with Crippen LogP contribution in [0.2, 0.25) is 0 Å². The van der Waals surface area contributed by atoms with Crippen LogP contribution in [0.4, 0.5) is 11.5 Å². The Morgan fingerprint density at radius 3 is 2.38 bits per heavy atom. The van der Waals surface area contributed by atoms with Crippen molar-refractivity contribution >= 4 is 17.4 Å².